The number of rotatable bonds is 2. The van der Waals surface area contributed by atoms with Gasteiger partial charge >= 0.3 is 0 Å². The van der Waals surface area contributed by atoms with Crippen LogP contribution < -0.4 is 10.5 Å². The van der Waals surface area contributed by atoms with Crippen LogP contribution in [0.25, 0.3) is 11.3 Å². The molecule has 0 saturated heterocycles. The quantitative estimate of drug-likeness (QED) is 0.925. The number of aromatic nitrogens is 2. The summed E-state index contributed by atoms with van der Waals surface area (Å²) in [4.78, 5) is 8.27. The number of benzene rings is 1. The van der Waals surface area contributed by atoms with Crippen molar-refractivity contribution in [2.75, 3.05) is 12.8 Å². The highest BCUT2D eigenvalue weighted by Gasteiger charge is 2.14. The minimum atomic E-state index is 0.246. The van der Waals surface area contributed by atoms with Crippen molar-refractivity contribution < 1.29 is 4.74 Å². The summed E-state index contributed by atoms with van der Waals surface area (Å²) in [6.07, 6.45) is 0. The van der Waals surface area contributed by atoms with Crippen molar-refractivity contribution in [2.24, 2.45) is 0 Å². The number of nitrogens with zero attached hydrogens (tertiary/aromatic N) is 2. The van der Waals surface area contributed by atoms with Crippen LogP contribution in [0.1, 0.15) is 0 Å². The molecule has 4 nitrogen and oxygen atoms in total. The van der Waals surface area contributed by atoms with Crippen LogP contribution >= 0.6 is 27.5 Å². The number of para-hydroxylation sites is 1. The van der Waals surface area contributed by atoms with Crippen LogP contribution in [0.4, 0.5) is 5.82 Å². The van der Waals surface area contributed by atoms with Gasteiger partial charge in [-0.05, 0) is 28.1 Å². The standard InChI is InChI=1S/C11H9BrClN3O/c1-17-7-5-3-2-4-6(7)8-10(13)16-11(14)9(12)15-8/h2-5H,1H3,(H2,14,16). The first-order chi connectivity index (χ1) is 8.13. The van der Waals surface area contributed by atoms with E-state index in [0.29, 0.717) is 16.0 Å². The zero-order valence-electron chi connectivity index (χ0n) is 8.95. The second-order valence-corrected chi connectivity index (χ2v) is 4.35. The number of hydrogen-bond donors (Lipinski definition) is 1. The Morgan fingerprint density at radius 1 is 1.29 bits per heavy atom. The van der Waals surface area contributed by atoms with E-state index in [0.717, 1.165) is 5.56 Å². The molecule has 0 bridgehead atoms. The predicted octanol–water partition coefficient (Wildman–Crippen LogP) is 3.15. The molecule has 0 spiro atoms. The monoisotopic (exact) mass is 313 g/mol. The van der Waals surface area contributed by atoms with Gasteiger partial charge in [0.1, 0.15) is 16.0 Å². The molecule has 0 unspecified atom stereocenters. The number of halogens is 2. The molecule has 0 aliphatic carbocycles. The Bertz CT molecular complexity index is 562. The van der Waals surface area contributed by atoms with Crippen LogP contribution in [0.3, 0.4) is 0 Å². The Labute approximate surface area is 112 Å². The van der Waals surface area contributed by atoms with E-state index in [9.17, 15) is 0 Å². The smallest absolute Gasteiger partial charge is 0.158 e. The number of ether oxygens (including phenoxy) is 1. The molecule has 88 valence electrons. The molecular formula is C11H9BrClN3O. The maximum atomic E-state index is 6.03. The third-order valence-electron chi connectivity index (χ3n) is 2.20. The lowest BCUT2D eigenvalue weighted by Crippen LogP contribution is -1.98. The van der Waals surface area contributed by atoms with Crippen molar-refractivity contribution in [1.29, 1.82) is 0 Å². The van der Waals surface area contributed by atoms with Crippen molar-refractivity contribution >= 4 is 33.3 Å². The fraction of sp³-hybridized carbons (Fsp3) is 0.0909. The van der Waals surface area contributed by atoms with Gasteiger partial charge in [0.2, 0.25) is 0 Å². The molecular weight excluding hydrogens is 305 g/mol. The summed E-state index contributed by atoms with van der Waals surface area (Å²) in [5.74, 6) is 0.939. The lowest BCUT2D eigenvalue weighted by molar-refractivity contribution is 0.416. The van der Waals surface area contributed by atoms with Gasteiger partial charge in [-0.1, -0.05) is 23.7 Å². The zero-order valence-corrected chi connectivity index (χ0v) is 11.3. The zero-order chi connectivity index (χ0) is 12.4. The van der Waals surface area contributed by atoms with E-state index >= 15 is 0 Å². The van der Waals surface area contributed by atoms with Gasteiger partial charge < -0.3 is 10.5 Å². The molecule has 6 heteroatoms. The highest BCUT2D eigenvalue weighted by Crippen LogP contribution is 2.34. The van der Waals surface area contributed by atoms with E-state index in [-0.39, 0.29) is 11.0 Å². The number of anilines is 1. The molecule has 2 rings (SSSR count). The summed E-state index contributed by atoms with van der Waals surface area (Å²) in [6.45, 7) is 0. The largest absolute Gasteiger partial charge is 0.496 e. The average Bonchev–Trinajstić information content (AvgIpc) is 2.34. The third-order valence-corrected chi connectivity index (χ3v) is 3.04. The number of nitrogen functional groups attached to an aromatic ring is 1. The second-order valence-electron chi connectivity index (χ2n) is 3.24. The Balaban J connectivity index is 2.64. The van der Waals surface area contributed by atoms with Crippen LogP contribution in [0.15, 0.2) is 28.9 Å². The first-order valence-electron chi connectivity index (χ1n) is 4.75. The van der Waals surface area contributed by atoms with E-state index < -0.39 is 0 Å². The summed E-state index contributed by atoms with van der Waals surface area (Å²) in [5.41, 5.74) is 6.91. The summed E-state index contributed by atoms with van der Waals surface area (Å²) >= 11 is 9.26. The Morgan fingerprint density at radius 2 is 2.00 bits per heavy atom. The molecule has 1 aromatic carbocycles. The van der Waals surface area contributed by atoms with Crippen molar-refractivity contribution in [1.82, 2.24) is 9.97 Å². The predicted molar refractivity (Wildman–Crippen MR) is 71.1 cm³/mol. The molecule has 0 saturated carbocycles. The van der Waals surface area contributed by atoms with Gasteiger partial charge in [0, 0.05) is 5.56 Å². The summed E-state index contributed by atoms with van der Waals surface area (Å²) in [7, 11) is 1.59. The van der Waals surface area contributed by atoms with Gasteiger partial charge in [0.15, 0.2) is 11.0 Å². The third kappa shape index (κ3) is 2.35. The van der Waals surface area contributed by atoms with Gasteiger partial charge in [0.05, 0.1) is 7.11 Å². The van der Waals surface area contributed by atoms with Crippen LogP contribution in [-0.2, 0) is 0 Å². The van der Waals surface area contributed by atoms with Gasteiger partial charge in [-0.15, -0.1) is 0 Å². The Hall–Kier alpha value is -1.33. The maximum absolute atomic E-state index is 6.03. The van der Waals surface area contributed by atoms with Crippen LogP contribution in [0.2, 0.25) is 5.15 Å². The van der Waals surface area contributed by atoms with Gasteiger partial charge in [-0.3, -0.25) is 0 Å². The second kappa shape index (κ2) is 4.89. The number of methoxy groups -OCH3 is 1. The highest BCUT2D eigenvalue weighted by atomic mass is 79.9. The fourth-order valence-corrected chi connectivity index (χ4v) is 1.92. The van der Waals surface area contributed by atoms with E-state index in [1.807, 2.05) is 24.3 Å². The minimum absolute atomic E-state index is 0.246. The molecule has 2 aromatic rings. The first-order valence-corrected chi connectivity index (χ1v) is 5.92. The average molecular weight is 315 g/mol. The summed E-state index contributed by atoms with van der Waals surface area (Å²) in [6, 6.07) is 7.44. The molecule has 0 aliphatic rings. The minimum Gasteiger partial charge on any atom is -0.496 e. The van der Waals surface area contributed by atoms with Crippen molar-refractivity contribution in [3.8, 4) is 17.0 Å². The lowest BCUT2D eigenvalue weighted by Gasteiger charge is -2.09. The van der Waals surface area contributed by atoms with Crippen molar-refractivity contribution in [2.45, 2.75) is 0 Å². The van der Waals surface area contributed by atoms with Crippen molar-refractivity contribution in [3.63, 3.8) is 0 Å². The summed E-state index contributed by atoms with van der Waals surface area (Å²) < 4.78 is 5.71. The van der Waals surface area contributed by atoms with E-state index in [1.165, 1.54) is 0 Å². The molecule has 0 atom stereocenters. The number of hydrogen-bond acceptors (Lipinski definition) is 4. The Kier molecular flexibility index (Phi) is 3.49. The summed E-state index contributed by atoms with van der Waals surface area (Å²) in [5, 5.41) is 0.246. The van der Waals surface area contributed by atoms with Crippen LogP contribution in [0.5, 0.6) is 5.75 Å². The van der Waals surface area contributed by atoms with Gasteiger partial charge in [-0.2, -0.15) is 0 Å². The SMILES string of the molecule is COc1ccccc1-c1nc(Br)c(N)nc1Cl. The maximum Gasteiger partial charge on any atom is 0.158 e. The molecule has 2 N–H and O–H groups in total. The molecule has 0 fully saturated rings. The van der Waals surface area contributed by atoms with Gasteiger partial charge in [-0.25, -0.2) is 9.97 Å². The van der Waals surface area contributed by atoms with E-state index in [4.69, 9.17) is 22.1 Å². The molecule has 0 amide bonds. The highest BCUT2D eigenvalue weighted by molar-refractivity contribution is 9.10. The van der Waals surface area contributed by atoms with E-state index in [1.54, 1.807) is 7.11 Å². The van der Waals surface area contributed by atoms with Crippen LogP contribution in [0, 0.1) is 0 Å². The molecule has 1 heterocycles. The van der Waals surface area contributed by atoms with Gasteiger partial charge in [0.25, 0.3) is 0 Å². The molecule has 17 heavy (non-hydrogen) atoms. The molecule has 0 aliphatic heterocycles. The van der Waals surface area contributed by atoms with E-state index in [2.05, 4.69) is 25.9 Å². The molecule has 0 radical (unpaired) electrons. The fourth-order valence-electron chi connectivity index (χ4n) is 1.42. The van der Waals surface area contributed by atoms with Crippen LogP contribution in [-0.4, -0.2) is 17.1 Å². The first kappa shape index (κ1) is 12.1. The number of nitrogens with two attached hydrogens (primary N) is 1. The normalized spacial score (nSPS) is 10.3. The Morgan fingerprint density at radius 3 is 2.71 bits per heavy atom. The topological polar surface area (TPSA) is 61.0 Å². The van der Waals surface area contributed by atoms with Crippen molar-refractivity contribution in [3.05, 3.63) is 34.0 Å². The molecule has 1 aromatic heterocycles. The lowest BCUT2D eigenvalue weighted by atomic mass is 10.1.